The molecule has 0 unspecified atom stereocenters. The molecule has 0 aliphatic heterocycles. The maximum atomic E-state index is 5.49. The van der Waals surface area contributed by atoms with Gasteiger partial charge in [0.1, 0.15) is 0 Å². The largest absolute Gasteiger partial charge is 0.490 e. The molecule has 0 radical (unpaired) electrons. The van der Waals surface area contributed by atoms with Crippen LogP contribution in [-0.2, 0) is 0 Å². The average molecular weight is 198 g/mol. The third kappa shape index (κ3) is 2.29. The quantitative estimate of drug-likeness (QED) is 0.442. The number of thioether (sulfide) groups is 1. The number of nitrogens with two attached hydrogens (primary N) is 1. The molecule has 3 N–H and O–H groups in total. The van der Waals surface area contributed by atoms with Crippen LogP contribution in [0.2, 0.25) is 0 Å². The first kappa shape index (κ1) is 10.2. The normalized spacial score (nSPS) is 9.77. The van der Waals surface area contributed by atoms with Crippen LogP contribution in [0.4, 0.5) is 5.69 Å². The number of nitrogen functional groups attached to an aromatic ring is 1. The van der Waals surface area contributed by atoms with Gasteiger partial charge < -0.3 is 10.2 Å². The molecule has 1 aromatic rings. The fourth-order valence-corrected chi connectivity index (χ4v) is 1.65. The highest BCUT2D eigenvalue weighted by Gasteiger charge is 2.06. The second-order valence-corrected chi connectivity index (χ2v) is 3.26. The zero-order chi connectivity index (χ0) is 9.68. The van der Waals surface area contributed by atoms with Crippen LogP contribution in [0.5, 0.6) is 5.75 Å². The van der Waals surface area contributed by atoms with E-state index in [0.29, 0.717) is 6.61 Å². The topological polar surface area (TPSA) is 47.3 Å². The van der Waals surface area contributed by atoms with Crippen molar-refractivity contribution in [2.24, 2.45) is 5.84 Å². The van der Waals surface area contributed by atoms with Gasteiger partial charge in [0.2, 0.25) is 0 Å². The van der Waals surface area contributed by atoms with Gasteiger partial charge in [0.25, 0.3) is 0 Å². The molecule has 72 valence electrons. The van der Waals surface area contributed by atoms with Crippen molar-refractivity contribution in [3.63, 3.8) is 0 Å². The van der Waals surface area contributed by atoms with E-state index in [1.165, 1.54) is 0 Å². The number of anilines is 1. The van der Waals surface area contributed by atoms with Crippen molar-refractivity contribution in [2.75, 3.05) is 18.3 Å². The highest BCUT2D eigenvalue weighted by Crippen LogP contribution is 2.34. The van der Waals surface area contributed by atoms with Gasteiger partial charge in [0.15, 0.2) is 5.75 Å². The molecule has 0 atom stereocenters. The van der Waals surface area contributed by atoms with Crippen LogP contribution in [-0.4, -0.2) is 12.9 Å². The molecule has 0 saturated heterocycles. The summed E-state index contributed by atoms with van der Waals surface area (Å²) < 4.78 is 5.49. The number of nitrogens with one attached hydrogen (secondary N) is 1. The summed E-state index contributed by atoms with van der Waals surface area (Å²) in [6, 6.07) is 5.85. The number of ether oxygens (including phenoxy) is 1. The smallest absolute Gasteiger partial charge is 0.157 e. The van der Waals surface area contributed by atoms with Crippen LogP contribution in [0, 0.1) is 0 Å². The predicted octanol–water partition coefficient (Wildman–Crippen LogP) is 2.09. The molecular weight excluding hydrogens is 184 g/mol. The molecule has 0 aromatic heterocycles. The molecule has 4 heteroatoms. The molecule has 0 fully saturated rings. The fraction of sp³-hybridized carbons (Fsp3) is 0.333. The van der Waals surface area contributed by atoms with Gasteiger partial charge in [0.05, 0.1) is 17.2 Å². The molecular formula is C9H14N2OS. The maximum Gasteiger partial charge on any atom is 0.157 e. The minimum absolute atomic E-state index is 0.645. The Labute approximate surface area is 82.6 Å². The number of rotatable bonds is 4. The van der Waals surface area contributed by atoms with Crippen molar-refractivity contribution >= 4 is 17.4 Å². The number of hydrogen-bond acceptors (Lipinski definition) is 4. The Balaban J connectivity index is 3.05. The maximum absolute atomic E-state index is 5.49. The summed E-state index contributed by atoms with van der Waals surface area (Å²) in [5, 5.41) is 0. The monoisotopic (exact) mass is 198 g/mol. The summed E-state index contributed by atoms with van der Waals surface area (Å²) in [5.74, 6) is 6.20. The van der Waals surface area contributed by atoms with Crippen molar-refractivity contribution in [3.05, 3.63) is 18.2 Å². The molecule has 1 rings (SSSR count). The highest BCUT2D eigenvalue weighted by atomic mass is 32.2. The molecule has 0 bridgehead atoms. The van der Waals surface area contributed by atoms with Crippen molar-refractivity contribution in [2.45, 2.75) is 11.8 Å². The van der Waals surface area contributed by atoms with E-state index in [1.54, 1.807) is 11.8 Å². The minimum atomic E-state index is 0.645. The number of para-hydroxylation sites is 1. The van der Waals surface area contributed by atoms with Gasteiger partial charge >= 0.3 is 0 Å². The molecule has 1 aromatic carbocycles. The van der Waals surface area contributed by atoms with E-state index in [9.17, 15) is 0 Å². The van der Waals surface area contributed by atoms with Crippen molar-refractivity contribution in [3.8, 4) is 5.75 Å². The Hall–Kier alpha value is -0.870. The van der Waals surface area contributed by atoms with Gasteiger partial charge in [0, 0.05) is 0 Å². The fourth-order valence-electron chi connectivity index (χ4n) is 1.08. The summed E-state index contributed by atoms with van der Waals surface area (Å²) in [4.78, 5) is 1.09. The Bertz CT molecular complexity index is 256. The van der Waals surface area contributed by atoms with Crippen LogP contribution in [0.25, 0.3) is 0 Å². The van der Waals surface area contributed by atoms with E-state index in [-0.39, 0.29) is 0 Å². The first-order chi connectivity index (χ1) is 6.33. The van der Waals surface area contributed by atoms with Crippen LogP contribution in [0.1, 0.15) is 6.92 Å². The molecule has 0 aliphatic rings. The third-order valence-electron chi connectivity index (χ3n) is 1.64. The lowest BCUT2D eigenvalue weighted by molar-refractivity contribution is 0.334. The second kappa shape index (κ2) is 4.99. The molecule has 3 nitrogen and oxygen atoms in total. The van der Waals surface area contributed by atoms with E-state index in [2.05, 4.69) is 5.43 Å². The van der Waals surface area contributed by atoms with E-state index >= 15 is 0 Å². The number of benzene rings is 1. The predicted molar refractivity (Wildman–Crippen MR) is 57.2 cm³/mol. The van der Waals surface area contributed by atoms with Gasteiger partial charge in [-0.1, -0.05) is 6.07 Å². The van der Waals surface area contributed by atoms with E-state index < -0.39 is 0 Å². The summed E-state index contributed by atoms with van der Waals surface area (Å²) in [6.45, 7) is 2.60. The molecule has 0 amide bonds. The Kier molecular flexibility index (Phi) is 3.92. The third-order valence-corrected chi connectivity index (χ3v) is 2.40. The summed E-state index contributed by atoms with van der Waals surface area (Å²) in [5.41, 5.74) is 3.44. The SMILES string of the molecule is CCOc1c(NN)cccc1SC. The Morgan fingerprint density at radius 2 is 2.31 bits per heavy atom. The lowest BCUT2D eigenvalue weighted by atomic mass is 10.3. The Morgan fingerprint density at radius 3 is 2.85 bits per heavy atom. The van der Waals surface area contributed by atoms with E-state index in [0.717, 1.165) is 16.3 Å². The summed E-state index contributed by atoms with van der Waals surface area (Å²) >= 11 is 1.64. The second-order valence-electron chi connectivity index (χ2n) is 2.41. The molecule has 0 spiro atoms. The molecule has 0 saturated carbocycles. The zero-order valence-electron chi connectivity index (χ0n) is 7.83. The van der Waals surface area contributed by atoms with Gasteiger partial charge in [-0.05, 0) is 25.3 Å². The minimum Gasteiger partial charge on any atom is -0.490 e. The van der Waals surface area contributed by atoms with Crippen molar-refractivity contribution in [1.29, 1.82) is 0 Å². The van der Waals surface area contributed by atoms with Crippen LogP contribution in [0.15, 0.2) is 23.1 Å². The van der Waals surface area contributed by atoms with E-state index in [4.69, 9.17) is 10.6 Å². The van der Waals surface area contributed by atoms with Crippen LogP contribution >= 0.6 is 11.8 Å². The van der Waals surface area contributed by atoms with Gasteiger partial charge in [-0.3, -0.25) is 5.84 Å². The Morgan fingerprint density at radius 1 is 1.54 bits per heavy atom. The molecule has 13 heavy (non-hydrogen) atoms. The van der Waals surface area contributed by atoms with E-state index in [1.807, 2.05) is 31.4 Å². The first-order valence-electron chi connectivity index (χ1n) is 4.09. The number of hydrazine groups is 1. The first-order valence-corrected chi connectivity index (χ1v) is 5.32. The molecule has 0 heterocycles. The van der Waals surface area contributed by atoms with Gasteiger partial charge in [-0.15, -0.1) is 11.8 Å². The van der Waals surface area contributed by atoms with Crippen LogP contribution < -0.4 is 16.0 Å². The average Bonchev–Trinajstić information content (AvgIpc) is 2.18. The number of hydrogen-bond donors (Lipinski definition) is 2. The van der Waals surface area contributed by atoms with Gasteiger partial charge in [-0.2, -0.15) is 0 Å². The summed E-state index contributed by atoms with van der Waals surface area (Å²) in [6.07, 6.45) is 2.01. The van der Waals surface area contributed by atoms with Crippen molar-refractivity contribution < 1.29 is 4.74 Å². The summed E-state index contributed by atoms with van der Waals surface area (Å²) in [7, 11) is 0. The lowest BCUT2D eigenvalue weighted by Gasteiger charge is -2.12. The molecule has 0 aliphatic carbocycles. The van der Waals surface area contributed by atoms with Crippen LogP contribution in [0.3, 0.4) is 0 Å². The standard InChI is InChI=1S/C9H14N2OS/c1-3-12-9-7(11-10)5-4-6-8(9)13-2/h4-6,11H,3,10H2,1-2H3. The van der Waals surface area contributed by atoms with Gasteiger partial charge in [-0.25, -0.2) is 0 Å². The zero-order valence-corrected chi connectivity index (χ0v) is 8.65. The lowest BCUT2D eigenvalue weighted by Crippen LogP contribution is -2.09. The van der Waals surface area contributed by atoms with Crippen molar-refractivity contribution in [1.82, 2.24) is 0 Å². The highest BCUT2D eigenvalue weighted by molar-refractivity contribution is 7.98.